The van der Waals surface area contributed by atoms with Gasteiger partial charge in [0.05, 0.1) is 24.2 Å². The molecule has 0 saturated carbocycles. The van der Waals surface area contributed by atoms with Gasteiger partial charge >= 0.3 is 0 Å². The molecule has 1 N–H and O–H groups in total. The van der Waals surface area contributed by atoms with Crippen LogP contribution in [0.4, 0.5) is 11.4 Å². The summed E-state index contributed by atoms with van der Waals surface area (Å²) in [5.74, 6) is 1.05. The fourth-order valence-corrected chi connectivity index (χ4v) is 4.00. The number of hydrogen-bond donors (Lipinski definition) is 1. The molecule has 2 aliphatic heterocycles. The number of ether oxygens (including phenoxy) is 2. The summed E-state index contributed by atoms with van der Waals surface area (Å²) in [6.07, 6.45) is 1.85. The van der Waals surface area contributed by atoms with E-state index in [-0.39, 0.29) is 28.7 Å². The molecule has 6 nitrogen and oxygen atoms in total. The number of nitrogens with one attached hydrogen (secondary N) is 1. The first-order valence-corrected chi connectivity index (χ1v) is 8.48. The summed E-state index contributed by atoms with van der Waals surface area (Å²) >= 11 is 0. The summed E-state index contributed by atoms with van der Waals surface area (Å²) in [4.78, 5) is 10.8. The molecule has 4 rings (SSSR count). The molecule has 0 aromatic heterocycles. The Balaban J connectivity index is 1.80. The molecule has 0 spiro atoms. The minimum atomic E-state index is -0.357. The molecule has 0 bridgehead atoms. The van der Waals surface area contributed by atoms with Gasteiger partial charge in [-0.15, -0.1) is 0 Å². The van der Waals surface area contributed by atoms with Crippen molar-refractivity contribution in [2.75, 3.05) is 19.0 Å². The highest BCUT2D eigenvalue weighted by Gasteiger charge is 2.41. The average molecular weight is 340 g/mol. The number of rotatable bonds is 3. The maximum atomic E-state index is 11.1. The second-order valence-electron chi connectivity index (χ2n) is 6.49. The van der Waals surface area contributed by atoms with E-state index in [2.05, 4.69) is 11.4 Å². The van der Waals surface area contributed by atoms with E-state index in [1.165, 1.54) is 6.07 Å². The van der Waals surface area contributed by atoms with E-state index < -0.39 is 0 Å². The first kappa shape index (κ1) is 15.9. The molecule has 130 valence electrons. The molecule has 3 atom stereocenters. The quantitative estimate of drug-likeness (QED) is 0.668. The van der Waals surface area contributed by atoms with Crippen LogP contribution in [-0.2, 0) is 4.74 Å². The Kier molecular flexibility index (Phi) is 4.05. The second kappa shape index (κ2) is 6.37. The minimum absolute atomic E-state index is 0.0513. The van der Waals surface area contributed by atoms with Gasteiger partial charge in [0.2, 0.25) is 0 Å². The molecule has 0 aliphatic carbocycles. The van der Waals surface area contributed by atoms with Crippen LogP contribution in [0, 0.1) is 16.0 Å². The van der Waals surface area contributed by atoms with E-state index in [0.717, 1.165) is 35.4 Å². The van der Waals surface area contributed by atoms with Crippen molar-refractivity contribution < 1.29 is 14.4 Å². The van der Waals surface area contributed by atoms with Gasteiger partial charge in [-0.1, -0.05) is 18.2 Å². The molecule has 2 aliphatic rings. The van der Waals surface area contributed by atoms with Gasteiger partial charge in [0.1, 0.15) is 5.75 Å². The number of methoxy groups -OCH3 is 1. The Morgan fingerprint density at radius 2 is 2.08 bits per heavy atom. The van der Waals surface area contributed by atoms with Crippen molar-refractivity contribution in [3.8, 4) is 5.75 Å². The summed E-state index contributed by atoms with van der Waals surface area (Å²) in [5, 5.41) is 14.7. The van der Waals surface area contributed by atoms with E-state index in [1.54, 1.807) is 19.2 Å². The molecular formula is C19H20N2O4. The van der Waals surface area contributed by atoms with Crippen molar-refractivity contribution in [1.82, 2.24) is 0 Å². The molecule has 6 heteroatoms. The zero-order valence-corrected chi connectivity index (χ0v) is 14.0. The minimum Gasteiger partial charge on any atom is -0.496 e. The molecule has 25 heavy (non-hydrogen) atoms. The first-order chi connectivity index (χ1) is 12.2. The lowest BCUT2D eigenvalue weighted by molar-refractivity contribution is -0.385. The number of fused-ring (bicyclic) bond motifs is 3. The van der Waals surface area contributed by atoms with Crippen LogP contribution >= 0.6 is 0 Å². The van der Waals surface area contributed by atoms with Gasteiger partial charge in [-0.3, -0.25) is 10.1 Å². The van der Waals surface area contributed by atoms with Gasteiger partial charge < -0.3 is 14.8 Å². The zero-order valence-electron chi connectivity index (χ0n) is 14.0. The van der Waals surface area contributed by atoms with E-state index in [0.29, 0.717) is 6.61 Å². The fourth-order valence-electron chi connectivity index (χ4n) is 4.00. The van der Waals surface area contributed by atoms with Crippen LogP contribution in [0.1, 0.15) is 36.1 Å². The third-order valence-electron chi connectivity index (χ3n) is 5.13. The maximum Gasteiger partial charge on any atom is 0.269 e. The second-order valence-corrected chi connectivity index (χ2v) is 6.49. The molecule has 2 heterocycles. The topological polar surface area (TPSA) is 73.6 Å². The van der Waals surface area contributed by atoms with Crippen LogP contribution < -0.4 is 10.1 Å². The predicted molar refractivity (Wildman–Crippen MR) is 93.9 cm³/mol. The largest absolute Gasteiger partial charge is 0.496 e. The number of hydrogen-bond acceptors (Lipinski definition) is 5. The van der Waals surface area contributed by atoms with Crippen molar-refractivity contribution in [3.63, 3.8) is 0 Å². The summed E-state index contributed by atoms with van der Waals surface area (Å²) < 4.78 is 11.6. The molecule has 2 aromatic carbocycles. The maximum absolute atomic E-state index is 11.1. The van der Waals surface area contributed by atoms with Gasteiger partial charge in [-0.25, -0.2) is 0 Å². The Labute approximate surface area is 145 Å². The molecule has 1 saturated heterocycles. The van der Waals surface area contributed by atoms with Crippen LogP contribution in [0.25, 0.3) is 0 Å². The predicted octanol–water partition coefficient (Wildman–Crippen LogP) is 4.24. The Bertz CT molecular complexity index is 808. The van der Waals surface area contributed by atoms with E-state index in [9.17, 15) is 10.1 Å². The number of anilines is 1. The Morgan fingerprint density at radius 1 is 1.24 bits per heavy atom. The van der Waals surface area contributed by atoms with Gasteiger partial charge in [-0.2, -0.15) is 0 Å². The highest BCUT2D eigenvalue weighted by atomic mass is 16.6. The molecule has 0 radical (unpaired) electrons. The molecule has 2 aromatic rings. The van der Waals surface area contributed by atoms with Gasteiger partial charge in [0, 0.05) is 41.5 Å². The highest BCUT2D eigenvalue weighted by molar-refractivity contribution is 5.61. The molecule has 0 unspecified atom stereocenters. The summed E-state index contributed by atoms with van der Waals surface area (Å²) in [7, 11) is 1.67. The van der Waals surface area contributed by atoms with E-state index in [4.69, 9.17) is 9.47 Å². The number of para-hydroxylation sites is 1. The molecular weight excluding hydrogens is 320 g/mol. The normalized spacial score (nSPS) is 24.6. The molecule has 1 fully saturated rings. The van der Waals surface area contributed by atoms with E-state index >= 15 is 0 Å². The van der Waals surface area contributed by atoms with Gasteiger partial charge in [-0.05, 0) is 25.0 Å². The average Bonchev–Trinajstić information content (AvgIpc) is 2.67. The standard InChI is InChI=1S/C19H20N2O4/c1-24-17-7-3-2-5-13(17)18-14-6-4-10-25-19(14)15-11-12(21(22)23)8-9-16(15)20-18/h2-3,5,7-9,11,14,18-20H,4,6,10H2,1H3/t14-,18+,19-/m1/s1. The van der Waals surface area contributed by atoms with Crippen molar-refractivity contribution in [3.05, 3.63) is 63.7 Å². The Morgan fingerprint density at radius 3 is 2.88 bits per heavy atom. The number of nitro benzene ring substituents is 1. The third kappa shape index (κ3) is 2.72. The van der Waals surface area contributed by atoms with Gasteiger partial charge in [0.25, 0.3) is 5.69 Å². The van der Waals surface area contributed by atoms with Crippen LogP contribution in [0.5, 0.6) is 5.75 Å². The monoisotopic (exact) mass is 340 g/mol. The van der Waals surface area contributed by atoms with Crippen molar-refractivity contribution in [1.29, 1.82) is 0 Å². The molecule has 0 amide bonds. The van der Waals surface area contributed by atoms with Crippen LogP contribution in [0.2, 0.25) is 0 Å². The lowest BCUT2D eigenvalue weighted by Gasteiger charge is -2.43. The SMILES string of the molecule is COc1ccccc1[C@@H]1Nc2ccc([N+](=O)[O-])cc2[C@@H]2OCCC[C@H]12. The smallest absolute Gasteiger partial charge is 0.269 e. The summed E-state index contributed by atoms with van der Waals surface area (Å²) in [6.45, 7) is 0.682. The van der Waals surface area contributed by atoms with E-state index in [1.807, 2.05) is 18.2 Å². The number of non-ortho nitro benzene ring substituents is 1. The summed E-state index contributed by atoms with van der Waals surface area (Å²) in [6, 6.07) is 13.0. The lowest BCUT2D eigenvalue weighted by atomic mass is 9.77. The van der Waals surface area contributed by atoms with Gasteiger partial charge in [0.15, 0.2) is 0 Å². The zero-order chi connectivity index (χ0) is 17.4. The lowest BCUT2D eigenvalue weighted by Crippen LogP contribution is -2.36. The highest BCUT2D eigenvalue weighted by Crippen LogP contribution is 2.50. The van der Waals surface area contributed by atoms with Crippen molar-refractivity contribution in [2.24, 2.45) is 5.92 Å². The number of nitro groups is 1. The summed E-state index contributed by atoms with van der Waals surface area (Å²) in [5.41, 5.74) is 2.97. The number of nitrogens with zero attached hydrogens (tertiary/aromatic N) is 1. The van der Waals surface area contributed by atoms with Crippen molar-refractivity contribution >= 4 is 11.4 Å². The fraction of sp³-hybridized carbons (Fsp3) is 0.368. The third-order valence-corrected chi connectivity index (χ3v) is 5.13. The Hall–Kier alpha value is -2.60. The number of benzene rings is 2. The van der Waals surface area contributed by atoms with Crippen LogP contribution in [0.3, 0.4) is 0 Å². The van der Waals surface area contributed by atoms with Crippen molar-refractivity contribution in [2.45, 2.75) is 25.0 Å². The van der Waals surface area contributed by atoms with Crippen LogP contribution in [0.15, 0.2) is 42.5 Å². The first-order valence-electron chi connectivity index (χ1n) is 8.48. The van der Waals surface area contributed by atoms with Crippen LogP contribution in [-0.4, -0.2) is 18.6 Å².